The molecule has 1 saturated carbocycles. The summed E-state index contributed by atoms with van der Waals surface area (Å²) in [5.41, 5.74) is -0.230. The van der Waals surface area contributed by atoms with E-state index in [2.05, 4.69) is 28.7 Å². The normalized spacial score (nSPS) is 19.7. The fraction of sp³-hybridized carbons (Fsp3) is 0.750. The highest BCUT2D eigenvalue weighted by Gasteiger charge is 2.32. The van der Waals surface area contributed by atoms with Crippen molar-refractivity contribution in [3.05, 3.63) is 18.2 Å². The Bertz CT molecular complexity index is 346. The predicted octanol–water partition coefficient (Wildman–Crippen LogP) is 0.949. The molecule has 16 heavy (non-hydrogen) atoms. The van der Waals surface area contributed by atoms with Crippen molar-refractivity contribution in [2.75, 3.05) is 6.61 Å². The number of hydrogen-bond donors (Lipinski definition) is 2. The highest BCUT2D eigenvalue weighted by molar-refractivity contribution is 4.98. The molecule has 1 atom stereocenters. The summed E-state index contributed by atoms with van der Waals surface area (Å²) < 4.78 is 2.13. The summed E-state index contributed by atoms with van der Waals surface area (Å²) in [5.74, 6) is 1.08. The first-order valence-electron chi connectivity index (χ1n) is 6.05. The fourth-order valence-electron chi connectivity index (χ4n) is 2.04. The van der Waals surface area contributed by atoms with Crippen molar-refractivity contribution in [2.45, 2.75) is 51.2 Å². The van der Waals surface area contributed by atoms with Crippen LogP contribution in [-0.4, -0.2) is 32.8 Å². The van der Waals surface area contributed by atoms with Crippen LogP contribution in [0.4, 0.5) is 0 Å². The van der Waals surface area contributed by atoms with E-state index in [9.17, 15) is 5.11 Å². The first kappa shape index (κ1) is 11.6. The Balaban J connectivity index is 2.04. The molecule has 4 nitrogen and oxygen atoms in total. The third kappa shape index (κ3) is 2.62. The second-order valence-electron chi connectivity index (χ2n) is 4.96. The number of nitrogens with one attached hydrogen (secondary N) is 1. The van der Waals surface area contributed by atoms with Crippen molar-refractivity contribution in [3.8, 4) is 0 Å². The van der Waals surface area contributed by atoms with Crippen LogP contribution in [0.1, 0.15) is 32.5 Å². The molecule has 1 heterocycles. The summed E-state index contributed by atoms with van der Waals surface area (Å²) in [4.78, 5) is 4.30. The fourth-order valence-corrected chi connectivity index (χ4v) is 2.04. The molecule has 0 aliphatic heterocycles. The molecular formula is C12H21N3O. The summed E-state index contributed by atoms with van der Waals surface area (Å²) in [5, 5.41) is 13.0. The van der Waals surface area contributed by atoms with Gasteiger partial charge in [-0.15, -0.1) is 0 Å². The molecule has 1 aromatic heterocycles. The van der Waals surface area contributed by atoms with Crippen LogP contribution in [-0.2, 0) is 13.0 Å². The SMILES string of the molecule is CCc1nccn1CC(C)(CO)NC1CC1. The van der Waals surface area contributed by atoms with E-state index in [1.165, 1.54) is 12.8 Å². The molecule has 1 fully saturated rings. The van der Waals surface area contributed by atoms with E-state index in [1.54, 1.807) is 0 Å². The van der Waals surface area contributed by atoms with Crippen LogP contribution < -0.4 is 5.32 Å². The Morgan fingerprint density at radius 3 is 2.94 bits per heavy atom. The quantitative estimate of drug-likeness (QED) is 0.755. The van der Waals surface area contributed by atoms with Gasteiger partial charge in [0.15, 0.2) is 0 Å². The lowest BCUT2D eigenvalue weighted by molar-refractivity contribution is 0.154. The number of rotatable bonds is 6. The van der Waals surface area contributed by atoms with Gasteiger partial charge in [0.2, 0.25) is 0 Å². The van der Waals surface area contributed by atoms with Gasteiger partial charge in [0.25, 0.3) is 0 Å². The highest BCUT2D eigenvalue weighted by atomic mass is 16.3. The smallest absolute Gasteiger partial charge is 0.108 e. The van der Waals surface area contributed by atoms with E-state index in [-0.39, 0.29) is 12.1 Å². The van der Waals surface area contributed by atoms with Gasteiger partial charge < -0.3 is 15.0 Å². The van der Waals surface area contributed by atoms with E-state index in [0.717, 1.165) is 18.8 Å². The van der Waals surface area contributed by atoms with E-state index < -0.39 is 0 Å². The molecule has 0 bridgehead atoms. The lowest BCUT2D eigenvalue weighted by atomic mass is 10.0. The largest absolute Gasteiger partial charge is 0.394 e. The number of aromatic nitrogens is 2. The van der Waals surface area contributed by atoms with Gasteiger partial charge in [-0.1, -0.05) is 6.92 Å². The van der Waals surface area contributed by atoms with Crippen molar-refractivity contribution >= 4 is 0 Å². The van der Waals surface area contributed by atoms with Gasteiger partial charge in [-0.2, -0.15) is 0 Å². The Kier molecular flexibility index (Phi) is 3.30. The van der Waals surface area contributed by atoms with Gasteiger partial charge in [-0.05, 0) is 19.8 Å². The number of imidazole rings is 1. The van der Waals surface area contributed by atoms with E-state index >= 15 is 0 Å². The molecule has 0 amide bonds. The molecule has 0 aromatic carbocycles. The Morgan fingerprint density at radius 2 is 2.38 bits per heavy atom. The Hall–Kier alpha value is -0.870. The third-order valence-electron chi connectivity index (χ3n) is 3.12. The summed E-state index contributed by atoms with van der Waals surface area (Å²) in [7, 11) is 0. The Labute approximate surface area is 96.7 Å². The zero-order valence-electron chi connectivity index (χ0n) is 10.1. The molecule has 2 N–H and O–H groups in total. The van der Waals surface area contributed by atoms with Crippen LogP contribution in [0.2, 0.25) is 0 Å². The average Bonchev–Trinajstić information content (AvgIpc) is 2.96. The van der Waals surface area contributed by atoms with Crippen molar-refractivity contribution in [3.63, 3.8) is 0 Å². The minimum atomic E-state index is -0.230. The van der Waals surface area contributed by atoms with E-state index in [1.807, 2.05) is 12.4 Å². The summed E-state index contributed by atoms with van der Waals surface area (Å²) in [6.07, 6.45) is 7.22. The molecule has 1 aromatic rings. The topological polar surface area (TPSA) is 50.1 Å². The lowest BCUT2D eigenvalue weighted by Gasteiger charge is -2.30. The van der Waals surface area contributed by atoms with Crippen molar-refractivity contribution in [2.24, 2.45) is 0 Å². The van der Waals surface area contributed by atoms with Crippen LogP contribution in [0, 0.1) is 0 Å². The average molecular weight is 223 g/mol. The minimum absolute atomic E-state index is 0.158. The maximum atomic E-state index is 9.53. The van der Waals surface area contributed by atoms with Gasteiger partial charge in [0, 0.05) is 31.4 Å². The molecule has 90 valence electrons. The number of aliphatic hydroxyl groups excluding tert-OH is 1. The highest BCUT2D eigenvalue weighted by Crippen LogP contribution is 2.23. The second-order valence-corrected chi connectivity index (χ2v) is 4.96. The van der Waals surface area contributed by atoms with Crippen LogP contribution in [0.25, 0.3) is 0 Å². The molecule has 1 aliphatic rings. The van der Waals surface area contributed by atoms with Crippen LogP contribution in [0.3, 0.4) is 0 Å². The van der Waals surface area contributed by atoms with Crippen LogP contribution >= 0.6 is 0 Å². The maximum absolute atomic E-state index is 9.53. The van der Waals surface area contributed by atoms with Gasteiger partial charge >= 0.3 is 0 Å². The number of aryl methyl sites for hydroxylation is 1. The van der Waals surface area contributed by atoms with Crippen LogP contribution in [0.5, 0.6) is 0 Å². The second kappa shape index (κ2) is 4.55. The zero-order chi connectivity index (χ0) is 11.6. The molecule has 1 unspecified atom stereocenters. The summed E-state index contributed by atoms with van der Waals surface area (Å²) in [6, 6.07) is 0.603. The molecular weight excluding hydrogens is 202 g/mol. The van der Waals surface area contributed by atoms with E-state index in [4.69, 9.17) is 0 Å². The number of hydrogen-bond acceptors (Lipinski definition) is 3. The zero-order valence-corrected chi connectivity index (χ0v) is 10.1. The predicted molar refractivity (Wildman–Crippen MR) is 63.3 cm³/mol. The van der Waals surface area contributed by atoms with Gasteiger partial charge in [-0.25, -0.2) is 4.98 Å². The summed E-state index contributed by atoms with van der Waals surface area (Å²) >= 11 is 0. The van der Waals surface area contributed by atoms with Crippen molar-refractivity contribution in [1.82, 2.24) is 14.9 Å². The van der Waals surface area contributed by atoms with Gasteiger partial charge in [0.05, 0.1) is 12.1 Å². The monoisotopic (exact) mass is 223 g/mol. The van der Waals surface area contributed by atoms with Gasteiger partial charge in [0.1, 0.15) is 5.82 Å². The lowest BCUT2D eigenvalue weighted by Crippen LogP contribution is -2.50. The third-order valence-corrected chi connectivity index (χ3v) is 3.12. The first-order valence-corrected chi connectivity index (χ1v) is 6.05. The molecule has 0 saturated heterocycles. The molecule has 4 heteroatoms. The minimum Gasteiger partial charge on any atom is -0.394 e. The molecule has 0 spiro atoms. The molecule has 0 radical (unpaired) electrons. The standard InChI is InChI=1S/C12H21N3O/c1-3-11-13-6-7-15(11)8-12(2,9-16)14-10-4-5-10/h6-7,10,14,16H,3-5,8-9H2,1-2H3. The first-order chi connectivity index (χ1) is 7.67. The number of nitrogens with zero attached hydrogens (tertiary/aromatic N) is 2. The van der Waals surface area contributed by atoms with Crippen molar-refractivity contribution in [1.29, 1.82) is 0 Å². The van der Waals surface area contributed by atoms with Crippen molar-refractivity contribution < 1.29 is 5.11 Å². The van der Waals surface area contributed by atoms with Gasteiger partial charge in [-0.3, -0.25) is 0 Å². The molecule has 2 rings (SSSR count). The number of aliphatic hydroxyl groups is 1. The molecule has 1 aliphatic carbocycles. The Morgan fingerprint density at radius 1 is 1.62 bits per heavy atom. The van der Waals surface area contributed by atoms with E-state index in [0.29, 0.717) is 6.04 Å². The maximum Gasteiger partial charge on any atom is 0.108 e. The summed E-state index contributed by atoms with van der Waals surface area (Å²) in [6.45, 7) is 5.11. The van der Waals surface area contributed by atoms with Crippen LogP contribution in [0.15, 0.2) is 12.4 Å².